The Morgan fingerprint density at radius 1 is 1.18 bits per heavy atom. The molecular weight excluding hydrogens is 566 g/mol. The second-order valence-corrected chi connectivity index (χ2v) is 13.0. The van der Waals surface area contributed by atoms with Gasteiger partial charge in [0.1, 0.15) is 11.6 Å². The molecule has 0 aliphatic carbocycles. The van der Waals surface area contributed by atoms with Gasteiger partial charge < -0.3 is 15.0 Å². The van der Waals surface area contributed by atoms with Crippen molar-refractivity contribution in [1.29, 1.82) is 5.41 Å². The Balaban J connectivity index is 0.00000400. The number of amidine groups is 1. The number of ether oxygens (including phenoxy) is 1. The van der Waals surface area contributed by atoms with E-state index in [-0.39, 0.29) is 51.9 Å². The summed E-state index contributed by atoms with van der Waals surface area (Å²) < 4.78 is 18.8. The molecule has 4 rings (SSSR count). The van der Waals surface area contributed by atoms with Gasteiger partial charge in [-0.25, -0.2) is 0 Å². The third-order valence-corrected chi connectivity index (χ3v) is 8.80. The first-order valence-electron chi connectivity index (χ1n) is 12.7. The van der Waals surface area contributed by atoms with Gasteiger partial charge in [0.15, 0.2) is 5.78 Å². The summed E-state index contributed by atoms with van der Waals surface area (Å²) in [6.07, 6.45) is 0.801. The lowest BCUT2D eigenvalue weighted by Crippen LogP contribution is -2.33. The number of nitrogens with zero attached hydrogens (tertiary/aromatic N) is 1. The van der Waals surface area contributed by atoms with E-state index in [9.17, 15) is 13.8 Å². The van der Waals surface area contributed by atoms with Crippen molar-refractivity contribution < 1.29 is 18.5 Å². The van der Waals surface area contributed by atoms with E-state index in [4.69, 9.17) is 10.1 Å². The van der Waals surface area contributed by atoms with Gasteiger partial charge in [-0.1, -0.05) is 34.6 Å². The Kier molecular flexibility index (Phi) is 8.63. The number of amides is 1. The average molecular weight is 605 g/mol. The van der Waals surface area contributed by atoms with Crippen LogP contribution in [-0.2, 0) is 28.2 Å². The molecule has 0 spiro atoms. The van der Waals surface area contributed by atoms with Crippen molar-refractivity contribution in [3.8, 4) is 5.75 Å². The highest BCUT2D eigenvalue weighted by atomic mass is 79.9. The minimum Gasteiger partial charge on any atom is -0.493 e. The molecule has 2 aromatic carbocycles. The third kappa shape index (κ3) is 5.45. The number of Topliss-reactive ketones (excluding diaryl/α,β-unsaturated/α-hetero) is 1. The largest absolute Gasteiger partial charge is 0.493 e. The number of benzene rings is 2. The van der Waals surface area contributed by atoms with Crippen LogP contribution in [0.1, 0.15) is 90.9 Å². The lowest BCUT2D eigenvalue weighted by molar-refractivity contribution is 0.0953. The quantitative estimate of drug-likeness (QED) is 0.446. The van der Waals surface area contributed by atoms with E-state index in [1.165, 1.54) is 0 Å². The number of ketones is 1. The standard InChI is InChI=1S/C29H37N3O4S.BrH/c1-8-36-24-13-18-15-32(26(30)19(18)14-20(24)27(34)31-7)16-23(33)17-11-21(28(2,3)4)25-22(12-17)29(5,6)9-10-37(25)35;/h11-14,30H,8-10,15-16H2,1-7H3,(H,31,34);1H. The van der Waals surface area contributed by atoms with Gasteiger partial charge in [0.25, 0.3) is 5.91 Å². The normalized spacial score (nSPS) is 17.8. The number of fused-ring (bicyclic) bond motifs is 2. The number of carbonyl (C=O) groups excluding carboxylic acids is 2. The molecule has 0 fully saturated rings. The van der Waals surface area contributed by atoms with Crippen LogP contribution in [0.5, 0.6) is 5.75 Å². The summed E-state index contributed by atoms with van der Waals surface area (Å²) in [6, 6.07) is 7.31. The Bertz CT molecular complexity index is 1310. The molecule has 1 amide bonds. The molecule has 0 radical (unpaired) electrons. The second-order valence-electron chi connectivity index (χ2n) is 11.5. The van der Waals surface area contributed by atoms with Gasteiger partial charge >= 0.3 is 0 Å². The third-order valence-electron chi connectivity index (χ3n) is 7.33. The zero-order chi connectivity index (χ0) is 27.3. The Labute approximate surface area is 238 Å². The van der Waals surface area contributed by atoms with E-state index in [0.29, 0.717) is 41.3 Å². The lowest BCUT2D eigenvalue weighted by Gasteiger charge is -2.36. The molecule has 206 valence electrons. The van der Waals surface area contributed by atoms with Crippen LogP contribution >= 0.6 is 17.0 Å². The molecule has 2 N–H and O–H groups in total. The predicted octanol–water partition coefficient (Wildman–Crippen LogP) is 5.13. The van der Waals surface area contributed by atoms with Crippen LogP contribution in [0.25, 0.3) is 0 Å². The lowest BCUT2D eigenvalue weighted by atomic mass is 9.76. The number of nitrogens with one attached hydrogen (secondary N) is 2. The molecule has 2 heterocycles. The minimum absolute atomic E-state index is 0. The molecule has 38 heavy (non-hydrogen) atoms. The first-order chi connectivity index (χ1) is 17.3. The highest BCUT2D eigenvalue weighted by molar-refractivity contribution is 8.93. The monoisotopic (exact) mass is 603 g/mol. The van der Waals surface area contributed by atoms with Gasteiger partial charge in [-0.3, -0.25) is 19.2 Å². The van der Waals surface area contributed by atoms with Crippen LogP contribution in [0.15, 0.2) is 29.2 Å². The fourth-order valence-electron chi connectivity index (χ4n) is 5.09. The molecule has 0 saturated carbocycles. The SMILES string of the molecule is Br.CCOc1cc2c(cc1C(=O)NC)C(=N)N(CC(=O)c1cc(C(C)(C)C)c3c(c1)C(C)(C)CCS3=O)C2. The average Bonchev–Trinajstić information content (AvgIpc) is 3.13. The Morgan fingerprint density at radius 2 is 1.87 bits per heavy atom. The molecule has 1 unspecified atom stereocenters. The van der Waals surface area contributed by atoms with Gasteiger partial charge in [0, 0.05) is 35.4 Å². The van der Waals surface area contributed by atoms with Crippen molar-refractivity contribution in [1.82, 2.24) is 10.2 Å². The van der Waals surface area contributed by atoms with Crippen molar-refractivity contribution in [3.05, 3.63) is 57.6 Å². The fraction of sp³-hybridized carbons (Fsp3) is 0.483. The van der Waals surface area contributed by atoms with Crippen molar-refractivity contribution in [3.63, 3.8) is 0 Å². The molecular formula is C29H38BrN3O4S. The first-order valence-corrected chi connectivity index (χ1v) is 14.1. The minimum atomic E-state index is -1.09. The van der Waals surface area contributed by atoms with E-state index < -0.39 is 10.8 Å². The van der Waals surface area contributed by atoms with E-state index in [2.05, 4.69) is 39.9 Å². The van der Waals surface area contributed by atoms with E-state index in [0.717, 1.165) is 28.0 Å². The van der Waals surface area contributed by atoms with E-state index in [1.54, 1.807) is 24.1 Å². The summed E-state index contributed by atoms with van der Waals surface area (Å²) in [5, 5.41) is 11.4. The number of carbonyl (C=O) groups is 2. The number of rotatable bonds is 6. The molecule has 1 atom stereocenters. The molecule has 2 aliphatic rings. The van der Waals surface area contributed by atoms with Gasteiger partial charge in [-0.05, 0) is 65.1 Å². The van der Waals surface area contributed by atoms with Crippen molar-refractivity contribution >= 4 is 45.3 Å². The number of hydrogen-bond acceptors (Lipinski definition) is 5. The van der Waals surface area contributed by atoms with Crippen molar-refractivity contribution in [2.75, 3.05) is 26.0 Å². The summed E-state index contributed by atoms with van der Waals surface area (Å²) >= 11 is 0. The topological polar surface area (TPSA) is 99.6 Å². The molecule has 2 aliphatic heterocycles. The Morgan fingerprint density at radius 3 is 2.47 bits per heavy atom. The highest BCUT2D eigenvalue weighted by Crippen LogP contribution is 2.42. The smallest absolute Gasteiger partial charge is 0.254 e. The maximum absolute atomic E-state index is 13.6. The predicted molar refractivity (Wildman–Crippen MR) is 157 cm³/mol. The summed E-state index contributed by atoms with van der Waals surface area (Å²) in [5.41, 5.74) is 3.94. The fourth-order valence-corrected chi connectivity index (χ4v) is 7.19. The van der Waals surface area contributed by atoms with Crippen LogP contribution in [0.3, 0.4) is 0 Å². The molecule has 0 aromatic heterocycles. The molecule has 2 aromatic rings. The zero-order valence-corrected chi connectivity index (χ0v) is 25.8. The number of hydrogen-bond donors (Lipinski definition) is 2. The van der Waals surface area contributed by atoms with Crippen LogP contribution in [0.4, 0.5) is 0 Å². The van der Waals surface area contributed by atoms with Gasteiger partial charge in [0.05, 0.1) is 29.5 Å². The maximum Gasteiger partial charge on any atom is 0.254 e. The maximum atomic E-state index is 13.6. The van der Waals surface area contributed by atoms with Gasteiger partial charge in [-0.15, -0.1) is 17.0 Å². The van der Waals surface area contributed by atoms with E-state index >= 15 is 0 Å². The Hall–Kier alpha value is -2.52. The molecule has 0 bridgehead atoms. The molecule has 0 saturated heterocycles. The highest BCUT2D eigenvalue weighted by Gasteiger charge is 2.37. The van der Waals surface area contributed by atoms with Crippen molar-refractivity contribution in [2.24, 2.45) is 0 Å². The first kappa shape index (κ1) is 30.0. The van der Waals surface area contributed by atoms with E-state index in [1.807, 2.05) is 19.1 Å². The zero-order valence-electron chi connectivity index (χ0n) is 23.2. The van der Waals surface area contributed by atoms with Crippen molar-refractivity contribution in [2.45, 2.75) is 70.2 Å². The molecule has 7 nitrogen and oxygen atoms in total. The summed E-state index contributed by atoms with van der Waals surface area (Å²) in [5.74, 6) is 0.946. The van der Waals surface area contributed by atoms with Gasteiger partial charge in [0.2, 0.25) is 0 Å². The molecule has 9 heteroatoms. The van der Waals surface area contributed by atoms with Crippen LogP contribution in [0, 0.1) is 5.41 Å². The number of halogens is 1. The van der Waals surface area contributed by atoms with Crippen LogP contribution in [0.2, 0.25) is 0 Å². The summed E-state index contributed by atoms with van der Waals surface area (Å²) in [4.78, 5) is 28.7. The van der Waals surface area contributed by atoms with Crippen LogP contribution < -0.4 is 10.1 Å². The summed E-state index contributed by atoms with van der Waals surface area (Å²) in [7, 11) is 0.469. The second kappa shape index (κ2) is 10.9. The van der Waals surface area contributed by atoms with Gasteiger partial charge in [-0.2, -0.15) is 0 Å². The van der Waals surface area contributed by atoms with Crippen LogP contribution in [-0.4, -0.2) is 52.6 Å². The summed E-state index contributed by atoms with van der Waals surface area (Å²) in [6.45, 7) is 13.3.